The average Bonchev–Trinajstić information content (AvgIpc) is 1.54. The van der Waals surface area contributed by atoms with Crippen molar-refractivity contribution < 1.29 is 0 Å². The monoisotopic (exact) mass is 189 g/mol. The van der Waals surface area contributed by atoms with Crippen molar-refractivity contribution in [1.29, 1.82) is 0 Å². The molecule has 0 bridgehead atoms. The fraction of sp³-hybridized carbons (Fsp3) is 1.00. The lowest BCUT2D eigenvalue weighted by atomic mass is 11.9. The third-order valence-corrected chi connectivity index (χ3v) is 12.4. The lowest BCUT2D eigenvalue weighted by molar-refractivity contribution is 1.11. The molecule has 0 spiro atoms. The van der Waals surface area contributed by atoms with Gasteiger partial charge in [-0.15, -0.1) is 0 Å². The van der Waals surface area contributed by atoms with Gasteiger partial charge in [0.25, 0.3) is 0 Å². The van der Waals surface area contributed by atoms with E-state index in [0.29, 0.717) is 0 Å². The first-order valence-electron chi connectivity index (χ1n) is 3.50. The molecule has 0 aliphatic carbocycles. The molecule has 1 fully saturated rings. The van der Waals surface area contributed by atoms with Gasteiger partial charge >= 0.3 is 0 Å². The van der Waals surface area contributed by atoms with Crippen molar-refractivity contribution in [3.05, 3.63) is 0 Å². The fourth-order valence-electron chi connectivity index (χ4n) is 1.31. The minimum Gasteiger partial charge on any atom is -0.337 e. The van der Waals surface area contributed by atoms with Gasteiger partial charge in [0.1, 0.15) is 0 Å². The van der Waals surface area contributed by atoms with E-state index in [1.165, 1.54) is 0 Å². The van der Waals surface area contributed by atoms with Gasteiger partial charge < -0.3 is 13.9 Å². The predicted octanol–water partition coefficient (Wildman–Crippen LogP) is -0.293. The minimum absolute atomic E-state index is 0.404. The van der Waals surface area contributed by atoms with Crippen molar-refractivity contribution >= 4 is 26.6 Å². The molecule has 1 rings (SSSR count). The molecule has 58 valence electrons. The molecular weight excluding hydrogens is 174 g/mol. The first kappa shape index (κ1) is 8.63. The third kappa shape index (κ3) is 2.29. The van der Waals surface area contributed by atoms with E-state index in [4.69, 9.17) is 0 Å². The number of hydrogen-bond donors (Lipinski definition) is 3. The third-order valence-electron chi connectivity index (χ3n) is 1.38. The number of hydrogen-bond acceptors (Lipinski definition) is 3. The summed E-state index contributed by atoms with van der Waals surface area (Å²) in [5.41, 5.74) is 0. The second-order valence-corrected chi connectivity index (χ2v) is 12.0. The van der Waals surface area contributed by atoms with Crippen LogP contribution in [0.2, 0.25) is 26.2 Å². The molecule has 0 unspecified atom stereocenters. The van der Waals surface area contributed by atoms with Crippen LogP contribution in [-0.2, 0) is 0 Å². The van der Waals surface area contributed by atoms with Gasteiger partial charge in [-0.1, -0.05) is 0 Å². The SMILES string of the molecule is C[Si]1N[Si](C)N[Si](C)(C)N1. The van der Waals surface area contributed by atoms with E-state index in [2.05, 4.69) is 40.1 Å². The predicted molar refractivity (Wildman–Crippen MR) is 50.1 cm³/mol. The van der Waals surface area contributed by atoms with Crippen LogP contribution in [0, 0.1) is 0 Å². The van der Waals surface area contributed by atoms with Gasteiger partial charge in [-0.25, -0.2) is 0 Å². The number of nitrogens with one attached hydrogen (secondary N) is 3. The van der Waals surface area contributed by atoms with Crippen molar-refractivity contribution in [1.82, 2.24) is 13.9 Å². The molecule has 0 aromatic rings. The van der Waals surface area contributed by atoms with Crippen molar-refractivity contribution in [2.45, 2.75) is 26.2 Å². The Morgan fingerprint density at radius 2 is 1.40 bits per heavy atom. The summed E-state index contributed by atoms with van der Waals surface area (Å²) in [6.07, 6.45) is 0. The Kier molecular flexibility index (Phi) is 2.48. The van der Waals surface area contributed by atoms with E-state index in [1.54, 1.807) is 0 Å². The highest BCUT2D eigenvalue weighted by atomic mass is 28.5. The van der Waals surface area contributed by atoms with Crippen LogP contribution in [0.5, 0.6) is 0 Å². The zero-order valence-electron chi connectivity index (χ0n) is 7.00. The highest BCUT2D eigenvalue weighted by molar-refractivity contribution is 6.94. The molecule has 10 heavy (non-hydrogen) atoms. The van der Waals surface area contributed by atoms with Crippen molar-refractivity contribution in [2.75, 3.05) is 0 Å². The fourth-order valence-corrected chi connectivity index (χ4v) is 13.5. The lowest BCUT2D eigenvalue weighted by Crippen LogP contribution is -2.78. The van der Waals surface area contributed by atoms with Crippen molar-refractivity contribution in [3.8, 4) is 0 Å². The smallest absolute Gasteiger partial charge is 0.208 e. The average molecular weight is 189 g/mol. The summed E-state index contributed by atoms with van der Waals surface area (Å²) in [5, 5.41) is 0. The summed E-state index contributed by atoms with van der Waals surface area (Å²) in [6.45, 7) is 9.23. The molecule has 0 aromatic heterocycles. The topological polar surface area (TPSA) is 36.1 Å². The summed E-state index contributed by atoms with van der Waals surface area (Å²) >= 11 is 0. The minimum atomic E-state index is -1.19. The lowest BCUT2D eigenvalue weighted by Gasteiger charge is -2.37. The van der Waals surface area contributed by atoms with E-state index in [0.717, 1.165) is 0 Å². The Bertz CT molecular complexity index is 117. The van der Waals surface area contributed by atoms with Crippen LogP contribution in [0.1, 0.15) is 0 Å². The summed E-state index contributed by atoms with van der Waals surface area (Å²) in [4.78, 5) is 0. The molecule has 3 nitrogen and oxygen atoms in total. The molecule has 1 aliphatic heterocycles. The molecule has 3 N–H and O–H groups in total. The van der Waals surface area contributed by atoms with E-state index in [9.17, 15) is 0 Å². The van der Waals surface area contributed by atoms with Gasteiger partial charge in [0, 0.05) is 0 Å². The molecule has 0 atom stereocenters. The molecule has 1 heterocycles. The van der Waals surface area contributed by atoms with Crippen LogP contribution in [0.25, 0.3) is 0 Å². The Labute approximate surface area is 67.3 Å². The maximum absolute atomic E-state index is 3.63. The molecule has 0 saturated carbocycles. The summed E-state index contributed by atoms with van der Waals surface area (Å²) in [5.74, 6) is 0. The molecule has 6 heteroatoms. The van der Waals surface area contributed by atoms with Crippen molar-refractivity contribution in [3.63, 3.8) is 0 Å². The molecule has 1 aliphatic rings. The van der Waals surface area contributed by atoms with Crippen LogP contribution < -0.4 is 13.9 Å². The molecule has 0 aromatic carbocycles. The van der Waals surface area contributed by atoms with Crippen LogP contribution in [0.15, 0.2) is 0 Å². The summed E-state index contributed by atoms with van der Waals surface area (Å²) < 4.78 is 10.8. The highest BCUT2D eigenvalue weighted by Gasteiger charge is 2.32. The van der Waals surface area contributed by atoms with Gasteiger partial charge in [0.2, 0.25) is 18.2 Å². The van der Waals surface area contributed by atoms with E-state index < -0.39 is 26.6 Å². The Morgan fingerprint density at radius 1 is 1.00 bits per heavy atom. The Balaban J connectivity index is 2.51. The van der Waals surface area contributed by atoms with Gasteiger partial charge in [-0.05, 0) is 26.2 Å². The Morgan fingerprint density at radius 3 is 1.70 bits per heavy atom. The molecule has 1 saturated heterocycles. The van der Waals surface area contributed by atoms with Gasteiger partial charge in [0.15, 0.2) is 8.40 Å². The quantitative estimate of drug-likeness (QED) is 0.458. The van der Waals surface area contributed by atoms with Gasteiger partial charge in [-0.2, -0.15) is 0 Å². The normalized spacial score (nSPS) is 28.8. The summed E-state index contributed by atoms with van der Waals surface area (Å²) in [6, 6.07) is 0. The first-order valence-corrected chi connectivity index (χ1v) is 10.5. The van der Waals surface area contributed by atoms with Gasteiger partial charge in [0.05, 0.1) is 0 Å². The molecule has 2 radical (unpaired) electrons. The van der Waals surface area contributed by atoms with Crippen molar-refractivity contribution in [2.24, 2.45) is 0 Å². The largest absolute Gasteiger partial charge is 0.337 e. The highest BCUT2D eigenvalue weighted by Crippen LogP contribution is 1.96. The maximum atomic E-state index is 3.63. The maximum Gasteiger partial charge on any atom is 0.208 e. The molecular formula is C4H15N3Si3. The summed E-state index contributed by atoms with van der Waals surface area (Å²) in [7, 11) is -2.00. The zero-order chi connectivity index (χ0) is 7.78. The van der Waals surface area contributed by atoms with E-state index in [-0.39, 0.29) is 0 Å². The van der Waals surface area contributed by atoms with Crippen LogP contribution >= 0.6 is 0 Å². The second-order valence-electron chi connectivity index (χ2n) is 3.25. The van der Waals surface area contributed by atoms with Crippen LogP contribution in [0.4, 0.5) is 0 Å². The first-order chi connectivity index (χ1) is 4.49. The number of rotatable bonds is 0. The molecule has 0 amide bonds. The van der Waals surface area contributed by atoms with Gasteiger partial charge in [-0.3, -0.25) is 0 Å². The second kappa shape index (κ2) is 2.88. The Hall–Kier alpha value is 0.531. The van der Waals surface area contributed by atoms with E-state index in [1.807, 2.05) is 0 Å². The van der Waals surface area contributed by atoms with Crippen LogP contribution in [0.3, 0.4) is 0 Å². The van der Waals surface area contributed by atoms with Crippen LogP contribution in [-0.4, -0.2) is 26.6 Å². The van der Waals surface area contributed by atoms with E-state index >= 15 is 0 Å². The standard InChI is InChI=1S/C4H15N3Si3/c1-8-5-9(2)7-10(3,4)6-8/h5-7H,1-4H3. The zero-order valence-corrected chi connectivity index (χ0v) is 10.0.